The minimum absolute atomic E-state index is 0.369. The predicted octanol–water partition coefficient (Wildman–Crippen LogP) is 3.43. The summed E-state index contributed by atoms with van der Waals surface area (Å²) >= 11 is 6.05. The smallest absolute Gasteiger partial charge is 0.272 e. The topological polar surface area (TPSA) is 59.9 Å². The van der Waals surface area contributed by atoms with E-state index < -0.39 is 0 Å². The second-order valence-corrected chi connectivity index (χ2v) is 5.20. The molecule has 2 aromatic rings. The number of aryl methyl sites for hydroxylation is 1. The van der Waals surface area contributed by atoms with Crippen LogP contribution in [0, 0.1) is 6.92 Å². The molecule has 0 spiro atoms. The summed E-state index contributed by atoms with van der Waals surface area (Å²) in [5.41, 5.74) is 4.57. The number of rotatable bonds is 5. The van der Waals surface area contributed by atoms with Crippen molar-refractivity contribution in [2.75, 3.05) is 14.2 Å². The summed E-state index contributed by atoms with van der Waals surface area (Å²) in [5.74, 6) is 0.844. The first kappa shape index (κ1) is 16.8. The van der Waals surface area contributed by atoms with Gasteiger partial charge in [-0.3, -0.25) is 4.79 Å². The molecule has 0 unspecified atom stereocenters. The first-order chi connectivity index (χ1) is 11.0. The van der Waals surface area contributed by atoms with E-state index in [1.807, 2.05) is 13.0 Å². The Morgan fingerprint density at radius 2 is 1.87 bits per heavy atom. The van der Waals surface area contributed by atoms with Crippen LogP contribution in [0.4, 0.5) is 0 Å². The summed E-state index contributed by atoms with van der Waals surface area (Å²) in [5, 5.41) is 4.33. The molecule has 5 nitrogen and oxygen atoms in total. The molecule has 2 aromatic carbocycles. The predicted molar refractivity (Wildman–Crippen MR) is 90.8 cm³/mol. The van der Waals surface area contributed by atoms with Crippen molar-refractivity contribution in [1.82, 2.24) is 5.43 Å². The van der Waals surface area contributed by atoms with Crippen LogP contribution < -0.4 is 14.9 Å². The summed E-state index contributed by atoms with van der Waals surface area (Å²) < 4.78 is 10.4. The number of benzene rings is 2. The third-order valence-corrected chi connectivity index (χ3v) is 3.47. The SMILES string of the molecule is COc1ccc(/C=N/NC(=O)c2ccc(C)cc2Cl)cc1OC. The fraction of sp³-hybridized carbons (Fsp3) is 0.176. The Morgan fingerprint density at radius 1 is 1.13 bits per heavy atom. The van der Waals surface area contributed by atoms with Crippen LogP contribution in [0.1, 0.15) is 21.5 Å². The lowest BCUT2D eigenvalue weighted by molar-refractivity contribution is 0.0955. The highest BCUT2D eigenvalue weighted by atomic mass is 35.5. The van der Waals surface area contributed by atoms with Crippen LogP contribution in [0.15, 0.2) is 41.5 Å². The molecule has 0 atom stereocenters. The van der Waals surface area contributed by atoms with Gasteiger partial charge in [0.25, 0.3) is 5.91 Å². The summed E-state index contributed by atoms with van der Waals surface area (Å²) in [7, 11) is 3.12. The van der Waals surface area contributed by atoms with Crippen LogP contribution in [0.25, 0.3) is 0 Å². The summed E-state index contributed by atoms with van der Waals surface area (Å²) in [4.78, 5) is 12.0. The van der Waals surface area contributed by atoms with Crippen molar-refractivity contribution in [3.8, 4) is 11.5 Å². The van der Waals surface area contributed by atoms with Gasteiger partial charge in [0.2, 0.25) is 0 Å². The van der Waals surface area contributed by atoms with Gasteiger partial charge in [0, 0.05) is 0 Å². The van der Waals surface area contributed by atoms with Crippen molar-refractivity contribution in [1.29, 1.82) is 0 Å². The zero-order chi connectivity index (χ0) is 16.8. The number of methoxy groups -OCH3 is 2. The van der Waals surface area contributed by atoms with E-state index in [4.69, 9.17) is 21.1 Å². The number of hydrogen-bond donors (Lipinski definition) is 1. The van der Waals surface area contributed by atoms with Crippen molar-refractivity contribution in [3.05, 3.63) is 58.1 Å². The molecular formula is C17H17ClN2O3. The van der Waals surface area contributed by atoms with Gasteiger partial charge in [-0.2, -0.15) is 5.10 Å². The van der Waals surface area contributed by atoms with Crippen LogP contribution in [-0.2, 0) is 0 Å². The number of carbonyl (C=O) groups excluding carboxylic acids is 1. The number of halogens is 1. The molecule has 0 aromatic heterocycles. The molecule has 0 radical (unpaired) electrons. The number of hydrogen-bond acceptors (Lipinski definition) is 4. The quantitative estimate of drug-likeness (QED) is 0.674. The molecule has 0 aliphatic heterocycles. The van der Waals surface area contributed by atoms with Gasteiger partial charge >= 0.3 is 0 Å². The molecule has 0 heterocycles. The van der Waals surface area contributed by atoms with Gasteiger partial charge in [0.15, 0.2) is 11.5 Å². The third kappa shape index (κ3) is 4.23. The van der Waals surface area contributed by atoms with Crippen molar-refractivity contribution < 1.29 is 14.3 Å². The number of ether oxygens (including phenoxy) is 2. The highest BCUT2D eigenvalue weighted by molar-refractivity contribution is 6.33. The van der Waals surface area contributed by atoms with E-state index >= 15 is 0 Å². The molecule has 0 saturated carbocycles. The number of amides is 1. The number of nitrogens with one attached hydrogen (secondary N) is 1. The van der Waals surface area contributed by atoms with E-state index in [2.05, 4.69) is 10.5 Å². The minimum atomic E-state index is -0.369. The Hall–Kier alpha value is -2.53. The summed E-state index contributed by atoms with van der Waals surface area (Å²) in [6.45, 7) is 1.91. The average molecular weight is 333 g/mol. The average Bonchev–Trinajstić information content (AvgIpc) is 2.54. The van der Waals surface area contributed by atoms with Gasteiger partial charge in [-0.15, -0.1) is 0 Å². The van der Waals surface area contributed by atoms with Crippen LogP contribution in [0.3, 0.4) is 0 Å². The van der Waals surface area contributed by atoms with E-state index in [9.17, 15) is 4.79 Å². The zero-order valence-corrected chi connectivity index (χ0v) is 13.8. The fourth-order valence-corrected chi connectivity index (χ4v) is 2.28. The summed E-state index contributed by atoms with van der Waals surface area (Å²) in [6.07, 6.45) is 1.52. The van der Waals surface area contributed by atoms with Crippen molar-refractivity contribution in [2.45, 2.75) is 6.92 Å². The van der Waals surface area contributed by atoms with Gasteiger partial charge in [-0.05, 0) is 48.4 Å². The highest BCUT2D eigenvalue weighted by Gasteiger charge is 2.09. The Kier molecular flexibility index (Phi) is 5.60. The normalized spacial score (nSPS) is 10.6. The van der Waals surface area contributed by atoms with Gasteiger partial charge in [0.05, 0.1) is 31.0 Å². The number of nitrogens with zero attached hydrogens (tertiary/aromatic N) is 1. The Morgan fingerprint density at radius 3 is 2.52 bits per heavy atom. The molecule has 0 bridgehead atoms. The van der Waals surface area contributed by atoms with E-state index in [-0.39, 0.29) is 5.91 Å². The highest BCUT2D eigenvalue weighted by Crippen LogP contribution is 2.26. The second-order valence-electron chi connectivity index (χ2n) is 4.80. The van der Waals surface area contributed by atoms with E-state index in [0.29, 0.717) is 22.1 Å². The standard InChI is InChI=1S/C17H17ClN2O3/c1-11-4-6-13(14(18)8-11)17(21)20-19-10-12-5-7-15(22-2)16(9-12)23-3/h4-10H,1-3H3,(H,20,21)/b19-10+. The first-order valence-electron chi connectivity index (χ1n) is 6.86. The monoisotopic (exact) mass is 332 g/mol. The molecule has 6 heteroatoms. The van der Waals surface area contributed by atoms with Gasteiger partial charge in [-0.1, -0.05) is 17.7 Å². The minimum Gasteiger partial charge on any atom is -0.493 e. The lowest BCUT2D eigenvalue weighted by Crippen LogP contribution is -2.18. The second kappa shape index (κ2) is 7.65. The zero-order valence-electron chi connectivity index (χ0n) is 13.1. The maximum absolute atomic E-state index is 12.0. The molecular weight excluding hydrogens is 316 g/mol. The molecule has 120 valence electrons. The number of hydrazone groups is 1. The van der Waals surface area contributed by atoms with E-state index in [0.717, 1.165) is 11.1 Å². The van der Waals surface area contributed by atoms with Gasteiger partial charge < -0.3 is 9.47 Å². The molecule has 23 heavy (non-hydrogen) atoms. The molecule has 1 N–H and O–H groups in total. The number of carbonyl (C=O) groups is 1. The Balaban J connectivity index is 2.08. The maximum Gasteiger partial charge on any atom is 0.272 e. The maximum atomic E-state index is 12.0. The molecule has 1 amide bonds. The van der Waals surface area contributed by atoms with Crippen LogP contribution in [-0.4, -0.2) is 26.3 Å². The van der Waals surface area contributed by atoms with Crippen molar-refractivity contribution >= 4 is 23.7 Å². The third-order valence-electron chi connectivity index (χ3n) is 3.16. The molecule has 2 rings (SSSR count). The Bertz CT molecular complexity index is 745. The fourth-order valence-electron chi connectivity index (χ4n) is 1.96. The van der Waals surface area contributed by atoms with Crippen LogP contribution in [0.2, 0.25) is 5.02 Å². The van der Waals surface area contributed by atoms with Gasteiger partial charge in [0.1, 0.15) is 0 Å². The molecule has 0 aliphatic rings. The van der Waals surface area contributed by atoms with E-state index in [1.165, 1.54) is 6.21 Å². The largest absolute Gasteiger partial charge is 0.493 e. The van der Waals surface area contributed by atoms with Crippen LogP contribution >= 0.6 is 11.6 Å². The van der Waals surface area contributed by atoms with Crippen LogP contribution in [0.5, 0.6) is 11.5 Å². The summed E-state index contributed by atoms with van der Waals surface area (Å²) in [6, 6.07) is 10.5. The lowest BCUT2D eigenvalue weighted by atomic mass is 10.1. The van der Waals surface area contributed by atoms with Crippen molar-refractivity contribution in [2.24, 2.45) is 5.10 Å². The molecule has 0 aliphatic carbocycles. The molecule has 0 saturated heterocycles. The van der Waals surface area contributed by atoms with E-state index in [1.54, 1.807) is 44.6 Å². The van der Waals surface area contributed by atoms with Gasteiger partial charge in [-0.25, -0.2) is 5.43 Å². The Labute approximate surface area is 139 Å². The lowest BCUT2D eigenvalue weighted by Gasteiger charge is -2.07. The first-order valence-corrected chi connectivity index (χ1v) is 7.24. The molecule has 0 fully saturated rings. The van der Waals surface area contributed by atoms with Crippen molar-refractivity contribution in [3.63, 3.8) is 0 Å².